The van der Waals surface area contributed by atoms with Gasteiger partial charge >= 0.3 is 0 Å². The molecule has 2 heterocycles. The van der Waals surface area contributed by atoms with Crippen LogP contribution < -0.4 is 5.32 Å². The van der Waals surface area contributed by atoms with Crippen LogP contribution in [0.15, 0.2) is 18.6 Å². The highest BCUT2D eigenvalue weighted by molar-refractivity contribution is 5.38. The van der Waals surface area contributed by atoms with E-state index < -0.39 is 0 Å². The molecule has 17 heavy (non-hydrogen) atoms. The average molecular weight is 231 g/mol. The van der Waals surface area contributed by atoms with Crippen molar-refractivity contribution < 1.29 is 0 Å². The maximum Gasteiger partial charge on any atom is 0.224 e. The van der Waals surface area contributed by atoms with Gasteiger partial charge in [0.05, 0.1) is 0 Å². The first-order chi connectivity index (χ1) is 8.26. The standard InChI is InChI=1S/C12H17N5/c1-4-10-14-6-7-17(10)11-9(3)8-15-12(16-11)13-5-2/h6-8H,4-5H2,1-3H3,(H,13,15,16). The maximum atomic E-state index is 4.51. The van der Waals surface area contributed by atoms with E-state index in [9.17, 15) is 0 Å². The van der Waals surface area contributed by atoms with E-state index in [-0.39, 0.29) is 0 Å². The fraction of sp³-hybridized carbons (Fsp3) is 0.417. The SMILES string of the molecule is CCNc1ncc(C)c(-n2ccnc2CC)n1. The summed E-state index contributed by atoms with van der Waals surface area (Å²) in [7, 11) is 0. The van der Waals surface area contributed by atoms with Crippen molar-refractivity contribution in [1.29, 1.82) is 0 Å². The van der Waals surface area contributed by atoms with E-state index in [4.69, 9.17) is 0 Å². The number of hydrogen-bond acceptors (Lipinski definition) is 4. The Morgan fingerprint density at radius 3 is 2.82 bits per heavy atom. The van der Waals surface area contributed by atoms with Crippen molar-refractivity contribution in [3.63, 3.8) is 0 Å². The fourth-order valence-electron chi connectivity index (χ4n) is 1.71. The number of aryl methyl sites for hydroxylation is 2. The van der Waals surface area contributed by atoms with E-state index in [1.165, 1.54) is 0 Å². The van der Waals surface area contributed by atoms with Crippen LogP contribution in [0.4, 0.5) is 5.95 Å². The van der Waals surface area contributed by atoms with Gasteiger partial charge in [0.2, 0.25) is 5.95 Å². The van der Waals surface area contributed by atoms with Crippen molar-refractivity contribution in [1.82, 2.24) is 19.5 Å². The quantitative estimate of drug-likeness (QED) is 0.874. The number of nitrogens with one attached hydrogen (secondary N) is 1. The summed E-state index contributed by atoms with van der Waals surface area (Å²) in [5.74, 6) is 2.56. The van der Waals surface area contributed by atoms with E-state index >= 15 is 0 Å². The highest BCUT2D eigenvalue weighted by Crippen LogP contribution is 2.14. The van der Waals surface area contributed by atoms with Crippen LogP contribution in [0.5, 0.6) is 0 Å². The van der Waals surface area contributed by atoms with Crippen LogP contribution in [0, 0.1) is 6.92 Å². The van der Waals surface area contributed by atoms with E-state index in [2.05, 4.69) is 27.2 Å². The molecule has 0 saturated carbocycles. The second kappa shape index (κ2) is 4.95. The van der Waals surface area contributed by atoms with Crippen molar-refractivity contribution in [2.45, 2.75) is 27.2 Å². The number of aromatic nitrogens is 4. The molecule has 2 aromatic heterocycles. The van der Waals surface area contributed by atoms with Crippen LogP contribution in [0.1, 0.15) is 25.2 Å². The molecule has 0 unspecified atom stereocenters. The van der Waals surface area contributed by atoms with Crippen molar-refractivity contribution in [3.8, 4) is 5.82 Å². The normalized spacial score (nSPS) is 10.5. The van der Waals surface area contributed by atoms with Gasteiger partial charge in [-0.25, -0.2) is 9.97 Å². The molecular weight excluding hydrogens is 214 g/mol. The van der Waals surface area contributed by atoms with Gasteiger partial charge in [0, 0.05) is 37.1 Å². The second-order valence-electron chi connectivity index (χ2n) is 3.80. The lowest BCUT2D eigenvalue weighted by Crippen LogP contribution is -2.09. The molecule has 1 N–H and O–H groups in total. The summed E-state index contributed by atoms with van der Waals surface area (Å²) in [4.78, 5) is 13.1. The predicted octanol–water partition coefficient (Wildman–Crippen LogP) is 1.96. The molecular formula is C12H17N5. The minimum absolute atomic E-state index is 0.656. The summed E-state index contributed by atoms with van der Waals surface area (Å²) in [6.45, 7) is 6.93. The molecule has 0 amide bonds. The third kappa shape index (κ3) is 2.27. The van der Waals surface area contributed by atoms with Crippen LogP contribution in [-0.2, 0) is 6.42 Å². The van der Waals surface area contributed by atoms with Gasteiger partial charge in [0.15, 0.2) is 0 Å². The third-order valence-electron chi connectivity index (χ3n) is 2.54. The van der Waals surface area contributed by atoms with Crippen LogP contribution in [0.25, 0.3) is 5.82 Å². The molecule has 0 spiro atoms. The monoisotopic (exact) mass is 231 g/mol. The van der Waals surface area contributed by atoms with Crippen LogP contribution in [0.3, 0.4) is 0 Å². The van der Waals surface area contributed by atoms with Gasteiger partial charge in [-0.05, 0) is 13.8 Å². The molecule has 0 aliphatic heterocycles. The summed E-state index contributed by atoms with van der Waals surface area (Å²) < 4.78 is 2.01. The summed E-state index contributed by atoms with van der Waals surface area (Å²) in [5, 5.41) is 3.12. The van der Waals surface area contributed by atoms with E-state index in [1.54, 1.807) is 6.20 Å². The molecule has 0 aromatic carbocycles. The lowest BCUT2D eigenvalue weighted by Gasteiger charge is -2.10. The molecule has 0 aliphatic rings. The van der Waals surface area contributed by atoms with Crippen LogP contribution in [0.2, 0.25) is 0 Å². The van der Waals surface area contributed by atoms with Gasteiger partial charge in [-0.3, -0.25) is 4.57 Å². The summed E-state index contributed by atoms with van der Waals surface area (Å²) >= 11 is 0. The zero-order chi connectivity index (χ0) is 12.3. The Morgan fingerprint density at radius 1 is 1.29 bits per heavy atom. The topological polar surface area (TPSA) is 55.6 Å². The Labute approximate surface area is 101 Å². The van der Waals surface area contributed by atoms with Gasteiger partial charge in [0.1, 0.15) is 11.6 Å². The summed E-state index contributed by atoms with van der Waals surface area (Å²) in [6.07, 6.45) is 6.45. The Morgan fingerprint density at radius 2 is 2.12 bits per heavy atom. The minimum atomic E-state index is 0.656. The zero-order valence-electron chi connectivity index (χ0n) is 10.4. The molecule has 5 heteroatoms. The summed E-state index contributed by atoms with van der Waals surface area (Å²) in [5.41, 5.74) is 1.04. The summed E-state index contributed by atoms with van der Waals surface area (Å²) in [6, 6.07) is 0. The maximum absolute atomic E-state index is 4.51. The number of imidazole rings is 1. The minimum Gasteiger partial charge on any atom is -0.354 e. The van der Waals surface area contributed by atoms with Crippen LogP contribution in [-0.4, -0.2) is 26.1 Å². The molecule has 0 aliphatic carbocycles. The zero-order valence-corrected chi connectivity index (χ0v) is 10.4. The molecule has 0 bridgehead atoms. The Kier molecular flexibility index (Phi) is 3.37. The Balaban J connectivity index is 2.46. The van der Waals surface area contributed by atoms with Gasteiger partial charge in [0.25, 0.3) is 0 Å². The number of nitrogens with zero attached hydrogens (tertiary/aromatic N) is 4. The molecule has 0 saturated heterocycles. The van der Waals surface area contributed by atoms with Gasteiger partial charge < -0.3 is 5.32 Å². The Hall–Kier alpha value is -1.91. The molecule has 2 aromatic rings. The van der Waals surface area contributed by atoms with E-state index in [0.29, 0.717) is 5.95 Å². The molecule has 0 radical (unpaired) electrons. The first-order valence-electron chi connectivity index (χ1n) is 5.86. The van der Waals surface area contributed by atoms with Crippen LogP contribution >= 0.6 is 0 Å². The fourth-order valence-corrected chi connectivity index (χ4v) is 1.71. The number of anilines is 1. The van der Waals surface area contributed by atoms with Gasteiger partial charge in [-0.2, -0.15) is 4.98 Å². The first-order valence-corrected chi connectivity index (χ1v) is 5.86. The third-order valence-corrected chi connectivity index (χ3v) is 2.54. The van der Waals surface area contributed by atoms with E-state index in [1.807, 2.05) is 30.8 Å². The highest BCUT2D eigenvalue weighted by Gasteiger charge is 2.08. The lowest BCUT2D eigenvalue weighted by atomic mass is 10.3. The predicted molar refractivity (Wildman–Crippen MR) is 67.4 cm³/mol. The second-order valence-corrected chi connectivity index (χ2v) is 3.80. The highest BCUT2D eigenvalue weighted by atomic mass is 15.2. The number of rotatable bonds is 4. The lowest BCUT2D eigenvalue weighted by molar-refractivity contribution is 0.852. The number of hydrogen-bond donors (Lipinski definition) is 1. The van der Waals surface area contributed by atoms with Crippen molar-refractivity contribution in [3.05, 3.63) is 30.0 Å². The molecule has 0 fully saturated rings. The first kappa shape index (κ1) is 11.6. The van der Waals surface area contributed by atoms with Gasteiger partial charge in [-0.1, -0.05) is 6.92 Å². The Bertz CT molecular complexity index is 503. The smallest absolute Gasteiger partial charge is 0.224 e. The molecule has 2 rings (SSSR count). The average Bonchev–Trinajstić information content (AvgIpc) is 2.80. The van der Waals surface area contributed by atoms with Crippen molar-refractivity contribution in [2.24, 2.45) is 0 Å². The molecule has 90 valence electrons. The largest absolute Gasteiger partial charge is 0.354 e. The van der Waals surface area contributed by atoms with E-state index in [0.717, 1.165) is 30.2 Å². The molecule has 0 atom stereocenters. The van der Waals surface area contributed by atoms with Gasteiger partial charge in [-0.15, -0.1) is 0 Å². The van der Waals surface area contributed by atoms with Crippen molar-refractivity contribution in [2.75, 3.05) is 11.9 Å². The van der Waals surface area contributed by atoms with Crippen molar-refractivity contribution >= 4 is 5.95 Å². The molecule has 5 nitrogen and oxygen atoms in total.